The van der Waals surface area contributed by atoms with Gasteiger partial charge >= 0.3 is 0 Å². The van der Waals surface area contributed by atoms with Crippen LogP contribution in [0.3, 0.4) is 0 Å². The van der Waals surface area contributed by atoms with Crippen molar-refractivity contribution >= 4 is 17.4 Å². The number of carbonyl (C=O) groups excluding carboxylic acids is 2. The average molecular weight is 217 g/mol. The summed E-state index contributed by atoms with van der Waals surface area (Å²) in [7, 11) is 0. The van der Waals surface area contributed by atoms with Crippen molar-refractivity contribution in [3.05, 3.63) is 41.0 Å². The van der Waals surface area contributed by atoms with Crippen LogP contribution in [0.1, 0.15) is 22.8 Å². The Morgan fingerprint density at radius 2 is 1.94 bits per heavy atom. The van der Waals surface area contributed by atoms with Crippen LogP contribution in [0.2, 0.25) is 0 Å². The minimum Gasteiger partial charge on any atom is -0.492 e. The molecule has 0 unspecified atom stereocenters. The molecule has 0 aromatic heterocycles. The molecule has 1 aliphatic rings. The molecule has 4 nitrogen and oxygen atoms in total. The summed E-state index contributed by atoms with van der Waals surface area (Å²) in [4.78, 5) is 23.1. The van der Waals surface area contributed by atoms with Crippen molar-refractivity contribution in [3.63, 3.8) is 0 Å². The van der Waals surface area contributed by atoms with E-state index in [4.69, 9.17) is 10.5 Å². The predicted molar refractivity (Wildman–Crippen MR) is 58.5 cm³/mol. The number of Topliss-reactive ketones (excluding diaryl/α,β-unsaturated/α-hetero) is 1. The van der Waals surface area contributed by atoms with Gasteiger partial charge in [-0.25, -0.2) is 0 Å². The molecular formula is C12H11NO3. The van der Waals surface area contributed by atoms with Crippen molar-refractivity contribution in [2.24, 2.45) is 5.73 Å². The highest BCUT2D eigenvalue weighted by Gasteiger charge is 2.33. The molecule has 0 radical (unpaired) electrons. The van der Waals surface area contributed by atoms with Crippen molar-refractivity contribution < 1.29 is 14.3 Å². The van der Waals surface area contributed by atoms with Gasteiger partial charge in [-0.05, 0) is 6.92 Å². The molecule has 1 aromatic rings. The number of ether oxygens (including phenoxy) is 1. The minimum absolute atomic E-state index is 0.0527. The maximum atomic E-state index is 11.9. The zero-order chi connectivity index (χ0) is 11.7. The van der Waals surface area contributed by atoms with Gasteiger partial charge in [0.05, 0.1) is 6.61 Å². The van der Waals surface area contributed by atoms with Gasteiger partial charge in [-0.2, -0.15) is 0 Å². The SMILES string of the molecule is CCOC1=C(C(N)=O)C(=O)c2ccccc21. The van der Waals surface area contributed by atoms with Crippen LogP contribution in [0.5, 0.6) is 0 Å². The fourth-order valence-corrected chi connectivity index (χ4v) is 1.77. The van der Waals surface area contributed by atoms with E-state index in [1.807, 2.05) is 0 Å². The van der Waals surface area contributed by atoms with Gasteiger partial charge in [0.1, 0.15) is 11.3 Å². The van der Waals surface area contributed by atoms with E-state index < -0.39 is 5.91 Å². The number of carbonyl (C=O) groups is 2. The van der Waals surface area contributed by atoms with E-state index in [-0.39, 0.29) is 11.4 Å². The third-order valence-electron chi connectivity index (χ3n) is 2.41. The lowest BCUT2D eigenvalue weighted by Crippen LogP contribution is -2.19. The third-order valence-corrected chi connectivity index (χ3v) is 2.41. The monoisotopic (exact) mass is 217 g/mol. The van der Waals surface area contributed by atoms with E-state index in [0.29, 0.717) is 23.5 Å². The van der Waals surface area contributed by atoms with Gasteiger partial charge in [0.25, 0.3) is 5.91 Å². The first kappa shape index (κ1) is 10.4. The fraction of sp³-hybridized carbons (Fsp3) is 0.167. The Labute approximate surface area is 92.7 Å². The number of primary amides is 1. The molecular weight excluding hydrogens is 206 g/mol. The minimum atomic E-state index is -0.746. The Kier molecular flexibility index (Phi) is 2.48. The zero-order valence-corrected chi connectivity index (χ0v) is 8.82. The third kappa shape index (κ3) is 1.39. The van der Waals surface area contributed by atoms with Crippen molar-refractivity contribution in [1.82, 2.24) is 0 Å². The second-order valence-corrected chi connectivity index (χ2v) is 3.38. The summed E-state index contributed by atoms with van der Waals surface area (Å²) in [5, 5.41) is 0. The highest BCUT2D eigenvalue weighted by molar-refractivity contribution is 6.33. The maximum Gasteiger partial charge on any atom is 0.256 e. The van der Waals surface area contributed by atoms with Crippen molar-refractivity contribution in [1.29, 1.82) is 0 Å². The summed E-state index contributed by atoms with van der Waals surface area (Å²) in [6.45, 7) is 2.17. The Morgan fingerprint density at radius 1 is 1.31 bits per heavy atom. The Bertz CT molecular complexity index is 503. The highest BCUT2D eigenvalue weighted by Crippen LogP contribution is 2.33. The fourth-order valence-electron chi connectivity index (χ4n) is 1.77. The molecule has 0 saturated carbocycles. The van der Waals surface area contributed by atoms with E-state index in [1.165, 1.54) is 0 Å². The number of fused-ring (bicyclic) bond motifs is 1. The zero-order valence-electron chi connectivity index (χ0n) is 8.82. The van der Waals surface area contributed by atoms with Gasteiger partial charge in [-0.1, -0.05) is 24.3 Å². The molecule has 0 fully saturated rings. The largest absolute Gasteiger partial charge is 0.492 e. The van der Waals surface area contributed by atoms with Gasteiger partial charge in [0, 0.05) is 11.1 Å². The second-order valence-electron chi connectivity index (χ2n) is 3.38. The molecule has 2 rings (SSSR count). The number of nitrogens with two attached hydrogens (primary N) is 1. The number of benzene rings is 1. The Balaban J connectivity index is 2.62. The molecule has 1 aromatic carbocycles. The Hall–Kier alpha value is -2.10. The van der Waals surface area contributed by atoms with Crippen LogP contribution in [0.4, 0.5) is 0 Å². The van der Waals surface area contributed by atoms with Gasteiger partial charge in [-0.3, -0.25) is 9.59 Å². The lowest BCUT2D eigenvalue weighted by Gasteiger charge is -2.06. The summed E-state index contributed by atoms with van der Waals surface area (Å²) in [5.74, 6) is -0.799. The van der Waals surface area contributed by atoms with Gasteiger partial charge in [0.2, 0.25) is 5.78 Å². The van der Waals surface area contributed by atoms with Crippen molar-refractivity contribution in [2.75, 3.05) is 6.61 Å². The first-order valence-electron chi connectivity index (χ1n) is 4.97. The van der Waals surface area contributed by atoms with Gasteiger partial charge < -0.3 is 10.5 Å². The van der Waals surface area contributed by atoms with Crippen LogP contribution in [0.25, 0.3) is 5.76 Å². The molecule has 1 amide bonds. The van der Waals surface area contributed by atoms with Crippen LogP contribution < -0.4 is 5.73 Å². The topological polar surface area (TPSA) is 69.4 Å². The van der Waals surface area contributed by atoms with Crippen LogP contribution in [0, 0.1) is 0 Å². The number of hydrogen-bond acceptors (Lipinski definition) is 3. The summed E-state index contributed by atoms with van der Waals surface area (Å²) in [5.41, 5.74) is 6.25. The molecule has 0 bridgehead atoms. The molecule has 1 aliphatic carbocycles. The number of ketones is 1. The van der Waals surface area contributed by atoms with Gasteiger partial charge in [-0.15, -0.1) is 0 Å². The smallest absolute Gasteiger partial charge is 0.256 e. The standard InChI is InChI=1S/C12H11NO3/c1-2-16-11-8-6-4-3-5-7(8)10(14)9(11)12(13)15/h3-6H,2H2,1H3,(H2,13,15). The second kappa shape index (κ2) is 3.81. The van der Waals surface area contributed by atoms with E-state index in [0.717, 1.165) is 0 Å². The quantitative estimate of drug-likeness (QED) is 0.771. The molecule has 0 saturated heterocycles. The first-order valence-corrected chi connectivity index (χ1v) is 4.97. The lowest BCUT2D eigenvalue weighted by molar-refractivity contribution is -0.114. The van der Waals surface area contributed by atoms with Crippen LogP contribution >= 0.6 is 0 Å². The molecule has 0 atom stereocenters. The first-order chi connectivity index (χ1) is 7.66. The lowest BCUT2D eigenvalue weighted by atomic mass is 10.1. The molecule has 82 valence electrons. The van der Waals surface area contributed by atoms with Crippen molar-refractivity contribution in [3.8, 4) is 0 Å². The van der Waals surface area contributed by atoms with Gasteiger partial charge in [0.15, 0.2) is 0 Å². The highest BCUT2D eigenvalue weighted by atomic mass is 16.5. The van der Waals surface area contributed by atoms with Crippen LogP contribution in [0.15, 0.2) is 29.8 Å². The molecule has 4 heteroatoms. The molecule has 0 heterocycles. The van der Waals surface area contributed by atoms with E-state index in [2.05, 4.69) is 0 Å². The molecule has 2 N–H and O–H groups in total. The van der Waals surface area contributed by atoms with Crippen LogP contribution in [-0.2, 0) is 9.53 Å². The summed E-state index contributed by atoms with van der Waals surface area (Å²) < 4.78 is 5.33. The van der Waals surface area contributed by atoms with E-state index in [1.54, 1.807) is 31.2 Å². The average Bonchev–Trinajstić information content (AvgIpc) is 2.54. The summed E-state index contributed by atoms with van der Waals surface area (Å²) >= 11 is 0. The number of rotatable bonds is 3. The molecule has 16 heavy (non-hydrogen) atoms. The van der Waals surface area contributed by atoms with E-state index in [9.17, 15) is 9.59 Å². The molecule has 0 spiro atoms. The normalized spacial score (nSPS) is 13.9. The van der Waals surface area contributed by atoms with E-state index >= 15 is 0 Å². The maximum absolute atomic E-state index is 11.9. The number of hydrogen-bond donors (Lipinski definition) is 1. The van der Waals surface area contributed by atoms with Crippen molar-refractivity contribution in [2.45, 2.75) is 6.92 Å². The molecule has 0 aliphatic heterocycles. The summed E-state index contributed by atoms with van der Waals surface area (Å²) in [6.07, 6.45) is 0. The Morgan fingerprint density at radius 3 is 2.50 bits per heavy atom. The summed E-state index contributed by atoms with van der Waals surface area (Å²) in [6, 6.07) is 6.93. The van der Waals surface area contributed by atoms with Crippen LogP contribution in [-0.4, -0.2) is 18.3 Å². The predicted octanol–water partition coefficient (Wildman–Crippen LogP) is 1.12. The number of amides is 1.